The largest absolute Gasteiger partial charge is 0.506 e. The molecular formula is C24H17N3O2. The van der Waals surface area contributed by atoms with Crippen LogP contribution in [-0.4, -0.2) is 14.7 Å². The van der Waals surface area contributed by atoms with Crippen molar-refractivity contribution in [3.05, 3.63) is 112 Å². The fourth-order valence-corrected chi connectivity index (χ4v) is 3.28. The lowest BCUT2D eigenvalue weighted by Gasteiger charge is -2.13. The van der Waals surface area contributed by atoms with Crippen molar-refractivity contribution in [2.75, 3.05) is 0 Å². The molecule has 2 heterocycles. The third-order valence-corrected chi connectivity index (χ3v) is 4.68. The summed E-state index contributed by atoms with van der Waals surface area (Å²) in [6.07, 6.45) is 3.72. The lowest BCUT2D eigenvalue weighted by molar-refractivity contribution is 0.465. The highest BCUT2D eigenvalue weighted by atomic mass is 16.3. The van der Waals surface area contributed by atoms with Crippen LogP contribution in [0.25, 0.3) is 16.8 Å². The van der Waals surface area contributed by atoms with Crippen molar-refractivity contribution in [1.29, 1.82) is 5.26 Å². The number of hydrogen-bond acceptors (Lipinski definition) is 4. The zero-order chi connectivity index (χ0) is 20.2. The van der Waals surface area contributed by atoms with Gasteiger partial charge in [-0.05, 0) is 42.0 Å². The van der Waals surface area contributed by atoms with E-state index in [-0.39, 0.29) is 11.3 Å². The van der Waals surface area contributed by atoms with Gasteiger partial charge in [-0.2, -0.15) is 5.26 Å². The summed E-state index contributed by atoms with van der Waals surface area (Å²) in [5.74, 6) is 0.101. The number of nitriles is 1. The summed E-state index contributed by atoms with van der Waals surface area (Å²) in [4.78, 5) is 17.5. The molecule has 0 amide bonds. The summed E-state index contributed by atoms with van der Waals surface area (Å²) in [5.41, 5.74) is 3.27. The zero-order valence-corrected chi connectivity index (χ0v) is 15.5. The van der Waals surface area contributed by atoms with Crippen molar-refractivity contribution in [3.8, 4) is 28.6 Å². The molecule has 0 aliphatic carbocycles. The number of para-hydroxylation sites is 1. The second-order valence-electron chi connectivity index (χ2n) is 6.58. The van der Waals surface area contributed by atoms with E-state index in [0.717, 1.165) is 11.3 Å². The highest BCUT2D eigenvalue weighted by Crippen LogP contribution is 2.24. The van der Waals surface area contributed by atoms with E-state index in [2.05, 4.69) is 11.1 Å². The highest BCUT2D eigenvalue weighted by molar-refractivity contribution is 5.70. The average Bonchev–Trinajstić information content (AvgIpc) is 2.77. The SMILES string of the molecule is N#Cc1ccccc1-c1cc(Cc2ncccc2O)cn(-c2ccccc2)c1=O. The first kappa shape index (κ1) is 18.2. The number of aromatic nitrogens is 2. The van der Waals surface area contributed by atoms with Gasteiger partial charge in [0.25, 0.3) is 5.56 Å². The number of hydrogen-bond donors (Lipinski definition) is 1. The third-order valence-electron chi connectivity index (χ3n) is 4.68. The van der Waals surface area contributed by atoms with E-state index in [1.165, 1.54) is 0 Å². The Hall–Kier alpha value is -4.17. The monoisotopic (exact) mass is 379 g/mol. The first-order valence-electron chi connectivity index (χ1n) is 9.11. The number of pyridine rings is 2. The molecule has 0 aliphatic rings. The molecule has 0 bridgehead atoms. The fourth-order valence-electron chi connectivity index (χ4n) is 3.28. The summed E-state index contributed by atoms with van der Waals surface area (Å²) in [6.45, 7) is 0. The van der Waals surface area contributed by atoms with Gasteiger partial charge in [0, 0.05) is 35.6 Å². The van der Waals surface area contributed by atoms with Gasteiger partial charge in [0.2, 0.25) is 0 Å². The van der Waals surface area contributed by atoms with Crippen molar-refractivity contribution in [2.45, 2.75) is 6.42 Å². The molecule has 0 radical (unpaired) electrons. The van der Waals surface area contributed by atoms with E-state index in [4.69, 9.17) is 0 Å². The average molecular weight is 379 g/mol. The summed E-state index contributed by atoms with van der Waals surface area (Å²) >= 11 is 0. The third kappa shape index (κ3) is 3.64. The maximum absolute atomic E-state index is 13.3. The fraction of sp³-hybridized carbons (Fsp3) is 0.0417. The maximum atomic E-state index is 13.3. The molecule has 0 saturated heterocycles. The molecule has 5 nitrogen and oxygen atoms in total. The minimum atomic E-state index is -0.215. The molecule has 5 heteroatoms. The van der Waals surface area contributed by atoms with Crippen molar-refractivity contribution in [1.82, 2.24) is 9.55 Å². The molecule has 0 fully saturated rings. The van der Waals surface area contributed by atoms with E-state index in [0.29, 0.717) is 28.8 Å². The highest BCUT2D eigenvalue weighted by Gasteiger charge is 2.14. The number of nitrogens with zero attached hydrogens (tertiary/aromatic N) is 3. The van der Waals surface area contributed by atoms with Gasteiger partial charge in [-0.15, -0.1) is 0 Å². The molecule has 2 aromatic heterocycles. The van der Waals surface area contributed by atoms with Crippen LogP contribution in [0, 0.1) is 11.3 Å². The minimum Gasteiger partial charge on any atom is -0.506 e. The van der Waals surface area contributed by atoms with Crippen LogP contribution in [0.1, 0.15) is 16.8 Å². The van der Waals surface area contributed by atoms with Gasteiger partial charge in [-0.1, -0.05) is 36.4 Å². The zero-order valence-electron chi connectivity index (χ0n) is 15.5. The topological polar surface area (TPSA) is 78.9 Å². The van der Waals surface area contributed by atoms with Gasteiger partial charge in [-0.25, -0.2) is 0 Å². The molecule has 0 unspecified atom stereocenters. The van der Waals surface area contributed by atoms with E-state index in [9.17, 15) is 15.2 Å². The normalized spacial score (nSPS) is 10.4. The molecule has 29 heavy (non-hydrogen) atoms. The summed E-state index contributed by atoms with van der Waals surface area (Å²) in [5, 5.41) is 19.6. The van der Waals surface area contributed by atoms with Crippen LogP contribution in [-0.2, 0) is 6.42 Å². The predicted molar refractivity (Wildman–Crippen MR) is 111 cm³/mol. The van der Waals surface area contributed by atoms with Crippen molar-refractivity contribution in [3.63, 3.8) is 0 Å². The first-order valence-corrected chi connectivity index (χ1v) is 9.11. The van der Waals surface area contributed by atoms with E-state index >= 15 is 0 Å². The lowest BCUT2D eigenvalue weighted by Crippen LogP contribution is -2.21. The second-order valence-corrected chi connectivity index (χ2v) is 6.58. The van der Waals surface area contributed by atoms with E-state index in [1.807, 2.05) is 30.3 Å². The van der Waals surface area contributed by atoms with Crippen LogP contribution in [0.3, 0.4) is 0 Å². The summed E-state index contributed by atoms with van der Waals surface area (Å²) in [7, 11) is 0. The van der Waals surface area contributed by atoms with Crippen LogP contribution in [0.2, 0.25) is 0 Å². The van der Waals surface area contributed by atoms with E-state index in [1.54, 1.807) is 59.4 Å². The number of aromatic hydroxyl groups is 1. The van der Waals surface area contributed by atoms with Gasteiger partial charge in [0.05, 0.1) is 17.3 Å². The Labute approximate surface area is 167 Å². The van der Waals surface area contributed by atoms with Crippen LogP contribution >= 0.6 is 0 Å². The summed E-state index contributed by atoms with van der Waals surface area (Å²) < 4.78 is 1.57. The van der Waals surface area contributed by atoms with Gasteiger partial charge in [-0.3, -0.25) is 14.3 Å². The Morgan fingerprint density at radius 1 is 0.966 bits per heavy atom. The van der Waals surface area contributed by atoms with Gasteiger partial charge >= 0.3 is 0 Å². The quantitative estimate of drug-likeness (QED) is 0.580. The molecule has 4 aromatic rings. The maximum Gasteiger partial charge on any atom is 0.263 e. The molecule has 140 valence electrons. The Balaban J connectivity index is 1.94. The van der Waals surface area contributed by atoms with Crippen LogP contribution in [0.15, 0.2) is 90.0 Å². The Bertz CT molecular complexity index is 1270. The Morgan fingerprint density at radius 2 is 1.72 bits per heavy atom. The van der Waals surface area contributed by atoms with E-state index < -0.39 is 0 Å². The van der Waals surface area contributed by atoms with Crippen LogP contribution in [0.4, 0.5) is 0 Å². The predicted octanol–water partition coefficient (Wildman–Crippen LogP) is 4.07. The molecule has 4 rings (SSSR count). The molecule has 0 atom stereocenters. The van der Waals surface area contributed by atoms with Crippen LogP contribution < -0.4 is 5.56 Å². The van der Waals surface area contributed by atoms with Crippen molar-refractivity contribution < 1.29 is 5.11 Å². The van der Waals surface area contributed by atoms with Gasteiger partial charge in [0.1, 0.15) is 5.75 Å². The van der Waals surface area contributed by atoms with Crippen molar-refractivity contribution >= 4 is 0 Å². The first-order chi connectivity index (χ1) is 14.2. The Morgan fingerprint density at radius 3 is 2.48 bits per heavy atom. The smallest absolute Gasteiger partial charge is 0.263 e. The van der Waals surface area contributed by atoms with Crippen LogP contribution in [0.5, 0.6) is 5.75 Å². The second kappa shape index (κ2) is 7.83. The standard InChI is InChI=1S/C24H17N3O2/c25-15-18-7-4-5-10-20(18)21-13-17(14-22-23(28)11-6-12-26-22)16-27(24(21)29)19-8-2-1-3-9-19/h1-13,16,28H,14H2. The molecule has 2 aromatic carbocycles. The van der Waals surface area contributed by atoms with Crippen molar-refractivity contribution in [2.24, 2.45) is 0 Å². The molecular weight excluding hydrogens is 362 g/mol. The Kier molecular flexibility index (Phi) is 4.91. The number of rotatable bonds is 4. The lowest BCUT2D eigenvalue weighted by atomic mass is 9.99. The minimum absolute atomic E-state index is 0.101. The molecule has 1 N–H and O–H groups in total. The summed E-state index contributed by atoms with van der Waals surface area (Å²) in [6, 6.07) is 23.5. The molecule has 0 saturated carbocycles. The van der Waals surface area contributed by atoms with Gasteiger partial charge in [0.15, 0.2) is 0 Å². The molecule has 0 aliphatic heterocycles. The molecule has 0 spiro atoms. The van der Waals surface area contributed by atoms with Gasteiger partial charge < -0.3 is 5.11 Å². The number of benzene rings is 2.